The van der Waals surface area contributed by atoms with Crippen LogP contribution in [0.25, 0.3) is 0 Å². The van der Waals surface area contributed by atoms with Crippen molar-refractivity contribution >= 4 is 23.9 Å². The Morgan fingerprint density at radius 1 is 0.852 bits per heavy atom. The Morgan fingerprint density at radius 2 is 1.37 bits per heavy atom. The van der Waals surface area contributed by atoms with Crippen molar-refractivity contribution in [3.8, 4) is 0 Å². The summed E-state index contributed by atoms with van der Waals surface area (Å²) in [6, 6.07) is 0. The molecule has 0 aromatic heterocycles. The summed E-state index contributed by atoms with van der Waals surface area (Å²) in [5.41, 5.74) is 0. The van der Waals surface area contributed by atoms with Crippen molar-refractivity contribution in [1.82, 2.24) is 0 Å². The minimum absolute atomic E-state index is 0.0355. The minimum atomic E-state index is -1.24. The first-order chi connectivity index (χ1) is 12.6. The van der Waals surface area contributed by atoms with Gasteiger partial charge < -0.3 is 28.4 Å². The first-order valence-electron chi connectivity index (χ1n) is 8.18. The highest BCUT2D eigenvalue weighted by molar-refractivity contribution is 5.68. The van der Waals surface area contributed by atoms with Gasteiger partial charge in [-0.05, 0) is 0 Å². The van der Waals surface area contributed by atoms with E-state index in [-0.39, 0.29) is 13.2 Å². The Morgan fingerprint density at radius 3 is 1.85 bits per heavy atom. The number of hydrogen-bond donors (Lipinski definition) is 0. The van der Waals surface area contributed by atoms with Crippen molar-refractivity contribution in [1.29, 1.82) is 0 Å². The zero-order valence-electron chi connectivity index (χ0n) is 15.7. The molecule has 0 spiro atoms. The number of carbonyl (C=O) groups excluding carboxylic acids is 4. The van der Waals surface area contributed by atoms with Crippen LogP contribution >= 0.6 is 0 Å². The topological polar surface area (TPSA) is 124 Å². The lowest BCUT2D eigenvalue weighted by molar-refractivity contribution is -0.305. The number of esters is 4. The molecule has 1 fully saturated rings. The molecule has 0 aromatic rings. The van der Waals surface area contributed by atoms with Gasteiger partial charge in [0.15, 0.2) is 24.6 Å². The second kappa shape index (κ2) is 10.6. The highest BCUT2D eigenvalue weighted by Crippen LogP contribution is 2.29. The van der Waals surface area contributed by atoms with Crippen molar-refractivity contribution < 1.29 is 47.6 Å². The Hall–Kier alpha value is -2.46. The summed E-state index contributed by atoms with van der Waals surface area (Å²) in [4.78, 5) is 45.8. The van der Waals surface area contributed by atoms with E-state index in [0.717, 1.165) is 20.8 Å². The zero-order chi connectivity index (χ0) is 20.6. The molecule has 10 heteroatoms. The molecule has 0 saturated carbocycles. The van der Waals surface area contributed by atoms with Gasteiger partial charge in [-0.2, -0.15) is 0 Å². The molecule has 5 atom stereocenters. The van der Waals surface area contributed by atoms with Crippen molar-refractivity contribution in [2.45, 2.75) is 58.4 Å². The highest BCUT2D eigenvalue weighted by Gasteiger charge is 2.52. The summed E-state index contributed by atoms with van der Waals surface area (Å²) in [6.45, 7) is 7.90. The van der Waals surface area contributed by atoms with E-state index >= 15 is 0 Å². The summed E-state index contributed by atoms with van der Waals surface area (Å²) in [6.07, 6.45) is -4.41. The van der Waals surface area contributed by atoms with Gasteiger partial charge in [-0.3, -0.25) is 19.2 Å². The smallest absolute Gasteiger partial charge is 0.303 e. The second-order valence-electron chi connectivity index (χ2n) is 5.69. The Balaban J connectivity index is 3.24. The molecule has 3 unspecified atom stereocenters. The van der Waals surface area contributed by atoms with Crippen LogP contribution in [-0.4, -0.2) is 67.8 Å². The summed E-state index contributed by atoms with van der Waals surface area (Å²) in [5, 5.41) is 0. The third-order valence-corrected chi connectivity index (χ3v) is 3.33. The van der Waals surface area contributed by atoms with Gasteiger partial charge >= 0.3 is 23.9 Å². The fourth-order valence-corrected chi connectivity index (χ4v) is 2.49. The number of carbonyl (C=O) groups is 4. The van der Waals surface area contributed by atoms with Crippen LogP contribution in [0.5, 0.6) is 0 Å². The van der Waals surface area contributed by atoms with Crippen LogP contribution in [0.4, 0.5) is 0 Å². The van der Waals surface area contributed by atoms with E-state index in [0.29, 0.717) is 0 Å². The maximum Gasteiger partial charge on any atom is 0.303 e. The van der Waals surface area contributed by atoms with Crippen LogP contribution in [-0.2, 0) is 47.6 Å². The van der Waals surface area contributed by atoms with Gasteiger partial charge in [0.1, 0.15) is 12.7 Å². The third kappa shape index (κ3) is 7.35. The summed E-state index contributed by atoms with van der Waals surface area (Å²) in [5.74, 6) is -2.67. The standard InChI is InChI=1S/C17H24O10/c1-6-7-22-17-16(26-12(5)21)15(25-11(4)20)14(24-10(3)19)13(27-17)8-23-9(2)18/h6,13-17H,1,7-8H2,2-5H3/t13?,14-,15?,16-,17?/m1/s1. The largest absolute Gasteiger partial charge is 0.463 e. The van der Waals surface area contributed by atoms with E-state index in [2.05, 4.69) is 6.58 Å². The quantitative estimate of drug-likeness (QED) is 0.325. The maximum absolute atomic E-state index is 11.6. The SMILES string of the molecule is C=CCOC1OC(COC(C)=O)[C@@H](OC(C)=O)C(OC(C)=O)[C@H]1OC(C)=O. The van der Waals surface area contributed by atoms with Crippen molar-refractivity contribution in [3.05, 3.63) is 12.7 Å². The first kappa shape index (κ1) is 22.6. The number of hydrogen-bond acceptors (Lipinski definition) is 10. The highest BCUT2D eigenvalue weighted by atomic mass is 16.7. The average molecular weight is 388 g/mol. The molecule has 1 aliphatic heterocycles. The van der Waals surface area contributed by atoms with E-state index in [1.807, 2.05) is 0 Å². The monoisotopic (exact) mass is 388 g/mol. The predicted molar refractivity (Wildman–Crippen MR) is 88.1 cm³/mol. The van der Waals surface area contributed by atoms with E-state index in [1.54, 1.807) is 0 Å². The summed E-state index contributed by atoms with van der Waals surface area (Å²) >= 11 is 0. The zero-order valence-corrected chi connectivity index (χ0v) is 15.7. The van der Waals surface area contributed by atoms with Crippen molar-refractivity contribution in [2.75, 3.05) is 13.2 Å². The van der Waals surface area contributed by atoms with Crippen molar-refractivity contribution in [2.24, 2.45) is 0 Å². The molecule has 1 saturated heterocycles. The van der Waals surface area contributed by atoms with Gasteiger partial charge in [0.25, 0.3) is 0 Å². The molecule has 0 radical (unpaired) electrons. The molecule has 0 amide bonds. The van der Waals surface area contributed by atoms with E-state index in [4.69, 9.17) is 28.4 Å². The normalized spacial score (nSPS) is 27.2. The van der Waals surface area contributed by atoms with Gasteiger partial charge in [0.05, 0.1) is 6.61 Å². The van der Waals surface area contributed by atoms with E-state index in [9.17, 15) is 19.2 Å². The first-order valence-corrected chi connectivity index (χ1v) is 8.18. The number of ether oxygens (including phenoxy) is 6. The van der Waals surface area contributed by atoms with Gasteiger partial charge in [-0.1, -0.05) is 6.08 Å². The molecule has 0 bridgehead atoms. The minimum Gasteiger partial charge on any atom is -0.463 e. The maximum atomic E-state index is 11.6. The van der Waals surface area contributed by atoms with Gasteiger partial charge in [-0.25, -0.2) is 0 Å². The fourth-order valence-electron chi connectivity index (χ4n) is 2.49. The lowest BCUT2D eigenvalue weighted by Crippen LogP contribution is -2.62. The van der Waals surface area contributed by atoms with E-state index in [1.165, 1.54) is 13.0 Å². The third-order valence-electron chi connectivity index (χ3n) is 3.33. The van der Waals surface area contributed by atoms with Gasteiger partial charge in [0.2, 0.25) is 0 Å². The molecule has 1 rings (SSSR count). The lowest BCUT2D eigenvalue weighted by Gasteiger charge is -2.43. The fraction of sp³-hybridized carbons (Fsp3) is 0.647. The van der Waals surface area contributed by atoms with Crippen LogP contribution in [0.3, 0.4) is 0 Å². The van der Waals surface area contributed by atoms with Crippen molar-refractivity contribution in [3.63, 3.8) is 0 Å². The lowest BCUT2D eigenvalue weighted by atomic mass is 9.98. The second-order valence-corrected chi connectivity index (χ2v) is 5.69. The van der Waals surface area contributed by atoms with Crippen LogP contribution < -0.4 is 0 Å². The molecule has 27 heavy (non-hydrogen) atoms. The van der Waals surface area contributed by atoms with Gasteiger partial charge in [0, 0.05) is 27.7 Å². The molecular formula is C17H24O10. The molecule has 1 heterocycles. The van der Waals surface area contributed by atoms with Crippen LogP contribution in [0.2, 0.25) is 0 Å². The Bertz CT molecular complexity index is 572. The molecule has 0 N–H and O–H groups in total. The molecule has 152 valence electrons. The van der Waals surface area contributed by atoms with E-state index < -0.39 is 54.6 Å². The van der Waals surface area contributed by atoms with Crippen LogP contribution in [0.15, 0.2) is 12.7 Å². The van der Waals surface area contributed by atoms with Crippen LogP contribution in [0, 0.1) is 0 Å². The molecule has 0 aliphatic carbocycles. The molecular weight excluding hydrogens is 364 g/mol. The Labute approximate surface area is 156 Å². The summed E-state index contributed by atoms with van der Waals surface area (Å²) in [7, 11) is 0. The summed E-state index contributed by atoms with van der Waals surface area (Å²) < 4.78 is 31.7. The molecule has 10 nitrogen and oxygen atoms in total. The van der Waals surface area contributed by atoms with Crippen LogP contribution in [0.1, 0.15) is 27.7 Å². The Kier molecular flexibility index (Phi) is 8.89. The predicted octanol–water partition coefficient (Wildman–Crippen LogP) is 0.272. The number of rotatable bonds is 8. The molecule has 0 aromatic carbocycles. The molecule has 1 aliphatic rings. The van der Waals surface area contributed by atoms with Gasteiger partial charge in [-0.15, -0.1) is 6.58 Å². The average Bonchev–Trinajstić information content (AvgIpc) is 2.54.